The smallest absolute Gasteiger partial charge is 0.0978 e. The molecule has 0 bridgehead atoms. The first-order valence-electron chi connectivity index (χ1n) is 17.5. The SMILES string of the molecule is c1ccc(-c2ccc3ccc4ccc(-c5ccc6c(ccc7cc(-c8c9ccccc9nc9c8ccc8cccnc89)ccc76)c5)nc4c3n2)cc1. The molecule has 0 aliphatic rings. The Balaban J connectivity index is 1.03. The molecule has 0 aliphatic heterocycles. The van der Waals surface area contributed by atoms with Crippen LogP contribution in [0.2, 0.25) is 0 Å². The summed E-state index contributed by atoms with van der Waals surface area (Å²) in [6, 6.07) is 57.9. The van der Waals surface area contributed by atoms with Crippen molar-refractivity contribution in [1.29, 1.82) is 0 Å². The maximum Gasteiger partial charge on any atom is 0.0978 e. The Morgan fingerprint density at radius 1 is 0.308 bits per heavy atom. The zero-order valence-corrected chi connectivity index (χ0v) is 28.0. The third kappa shape index (κ3) is 4.48. The number of benzene rings is 7. The summed E-state index contributed by atoms with van der Waals surface area (Å²) in [7, 11) is 0. The highest BCUT2D eigenvalue weighted by Crippen LogP contribution is 2.39. The molecule has 7 aromatic carbocycles. The summed E-state index contributed by atoms with van der Waals surface area (Å²) in [5, 5.41) is 10.3. The van der Waals surface area contributed by atoms with Crippen molar-refractivity contribution in [3.05, 3.63) is 170 Å². The van der Waals surface area contributed by atoms with Gasteiger partial charge in [0.05, 0.1) is 39.0 Å². The van der Waals surface area contributed by atoms with E-state index in [-0.39, 0.29) is 0 Å². The Labute approximate surface area is 298 Å². The quantitative estimate of drug-likeness (QED) is 0.140. The molecule has 0 atom stereocenters. The van der Waals surface area contributed by atoms with Gasteiger partial charge in [-0.15, -0.1) is 0 Å². The van der Waals surface area contributed by atoms with Crippen molar-refractivity contribution in [3.8, 4) is 33.6 Å². The van der Waals surface area contributed by atoms with Gasteiger partial charge in [0, 0.05) is 49.8 Å². The highest BCUT2D eigenvalue weighted by molar-refractivity contribution is 6.17. The number of rotatable bonds is 3. The lowest BCUT2D eigenvalue weighted by Crippen LogP contribution is -1.92. The standard InChI is InChI=1S/C48H28N4/c1-2-7-29(8-3-1)41-24-19-31-12-13-32-20-25-42(51-47(32)46(31)50-41)35-17-21-37-33(27-35)14-15-34-28-36(18-22-38(34)37)44-39-10-4-5-11-43(39)52-48-40(44)23-16-30-9-6-26-49-45(30)48/h1-28H. The fourth-order valence-electron chi connectivity index (χ4n) is 7.89. The molecular weight excluding hydrogens is 633 g/mol. The highest BCUT2D eigenvalue weighted by Gasteiger charge is 2.15. The van der Waals surface area contributed by atoms with Crippen LogP contribution in [0.4, 0.5) is 0 Å². The van der Waals surface area contributed by atoms with Gasteiger partial charge in [-0.05, 0) is 63.5 Å². The van der Waals surface area contributed by atoms with E-state index >= 15 is 0 Å². The lowest BCUT2D eigenvalue weighted by atomic mass is 9.92. The van der Waals surface area contributed by atoms with Crippen LogP contribution in [0, 0.1) is 0 Å². The molecule has 4 nitrogen and oxygen atoms in total. The molecule has 11 aromatic rings. The third-order valence-corrected chi connectivity index (χ3v) is 10.4. The van der Waals surface area contributed by atoms with Gasteiger partial charge in [0.25, 0.3) is 0 Å². The van der Waals surface area contributed by atoms with E-state index in [2.05, 4.69) is 140 Å². The van der Waals surface area contributed by atoms with Gasteiger partial charge in [0.1, 0.15) is 0 Å². The summed E-state index contributed by atoms with van der Waals surface area (Å²) in [5.74, 6) is 0. The molecule has 4 heteroatoms. The van der Waals surface area contributed by atoms with Crippen LogP contribution in [0.3, 0.4) is 0 Å². The Hall–Kier alpha value is -7.04. The molecule has 4 aromatic heterocycles. The average Bonchev–Trinajstić information content (AvgIpc) is 3.22. The van der Waals surface area contributed by atoms with Crippen LogP contribution in [-0.2, 0) is 0 Å². The van der Waals surface area contributed by atoms with Crippen molar-refractivity contribution in [2.75, 3.05) is 0 Å². The summed E-state index contributed by atoms with van der Waals surface area (Å²) in [6.45, 7) is 0. The average molecular weight is 661 g/mol. The van der Waals surface area contributed by atoms with E-state index in [0.29, 0.717) is 0 Å². The van der Waals surface area contributed by atoms with Crippen molar-refractivity contribution in [2.24, 2.45) is 0 Å². The van der Waals surface area contributed by atoms with Crippen LogP contribution in [0.5, 0.6) is 0 Å². The van der Waals surface area contributed by atoms with E-state index < -0.39 is 0 Å². The second kappa shape index (κ2) is 11.2. The van der Waals surface area contributed by atoms with Gasteiger partial charge in [-0.2, -0.15) is 0 Å². The maximum atomic E-state index is 5.22. The van der Waals surface area contributed by atoms with Crippen LogP contribution < -0.4 is 0 Å². The Morgan fingerprint density at radius 2 is 0.885 bits per heavy atom. The molecule has 0 saturated carbocycles. The molecule has 0 spiro atoms. The summed E-state index contributed by atoms with van der Waals surface area (Å²) in [5.41, 5.74) is 11.1. The minimum absolute atomic E-state index is 0.916. The minimum Gasteiger partial charge on any atom is -0.254 e. The number of fused-ring (bicyclic) bond motifs is 10. The zero-order valence-electron chi connectivity index (χ0n) is 28.0. The highest BCUT2D eigenvalue weighted by atomic mass is 14.8. The van der Waals surface area contributed by atoms with Crippen molar-refractivity contribution in [3.63, 3.8) is 0 Å². The number of para-hydroxylation sites is 1. The zero-order chi connectivity index (χ0) is 34.2. The van der Waals surface area contributed by atoms with Gasteiger partial charge in [-0.1, -0.05) is 127 Å². The molecule has 0 saturated heterocycles. The maximum absolute atomic E-state index is 5.22. The number of hydrogen-bond donors (Lipinski definition) is 0. The van der Waals surface area contributed by atoms with Crippen molar-refractivity contribution >= 4 is 76.1 Å². The monoisotopic (exact) mass is 660 g/mol. The predicted molar refractivity (Wildman–Crippen MR) is 216 cm³/mol. The van der Waals surface area contributed by atoms with Gasteiger partial charge < -0.3 is 0 Å². The van der Waals surface area contributed by atoms with Crippen molar-refractivity contribution in [1.82, 2.24) is 19.9 Å². The molecule has 0 amide bonds. The van der Waals surface area contributed by atoms with E-state index in [1.54, 1.807) is 0 Å². The number of pyridine rings is 4. The van der Waals surface area contributed by atoms with Crippen LogP contribution in [-0.4, -0.2) is 19.9 Å². The number of aromatic nitrogens is 4. The van der Waals surface area contributed by atoms with Gasteiger partial charge in [-0.25, -0.2) is 15.0 Å². The second-order valence-corrected chi connectivity index (χ2v) is 13.4. The molecule has 4 heterocycles. The molecule has 0 N–H and O–H groups in total. The first kappa shape index (κ1) is 28.8. The molecule has 0 fully saturated rings. The fourth-order valence-corrected chi connectivity index (χ4v) is 7.89. The second-order valence-electron chi connectivity index (χ2n) is 13.4. The van der Waals surface area contributed by atoms with Gasteiger partial charge in [0.15, 0.2) is 0 Å². The molecular formula is C48H28N4. The number of nitrogens with zero attached hydrogens (tertiary/aromatic N) is 4. The Morgan fingerprint density at radius 3 is 1.65 bits per heavy atom. The fraction of sp³-hybridized carbons (Fsp3) is 0. The van der Waals surface area contributed by atoms with Crippen LogP contribution in [0.1, 0.15) is 0 Å². The molecule has 0 unspecified atom stereocenters. The van der Waals surface area contributed by atoms with Crippen LogP contribution in [0.25, 0.3) is 110 Å². The van der Waals surface area contributed by atoms with E-state index in [1.807, 2.05) is 30.5 Å². The topological polar surface area (TPSA) is 51.6 Å². The van der Waals surface area contributed by atoms with Crippen molar-refractivity contribution in [2.45, 2.75) is 0 Å². The molecule has 240 valence electrons. The largest absolute Gasteiger partial charge is 0.254 e. The summed E-state index contributed by atoms with van der Waals surface area (Å²) in [4.78, 5) is 20.2. The molecule has 52 heavy (non-hydrogen) atoms. The predicted octanol–water partition coefficient (Wildman–Crippen LogP) is 12.3. The molecule has 0 radical (unpaired) electrons. The Bertz CT molecular complexity index is 3240. The number of hydrogen-bond acceptors (Lipinski definition) is 4. The molecule has 11 rings (SSSR count). The van der Waals surface area contributed by atoms with E-state index in [9.17, 15) is 0 Å². The van der Waals surface area contributed by atoms with E-state index in [0.717, 1.165) is 77.0 Å². The molecule has 0 aliphatic carbocycles. The van der Waals surface area contributed by atoms with E-state index in [1.165, 1.54) is 32.7 Å². The summed E-state index contributed by atoms with van der Waals surface area (Å²) >= 11 is 0. The van der Waals surface area contributed by atoms with Crippen LogP contribution in [0.15, 0.2) is 170 Å². The third-order valence-electron chi connectivity index (χ3n) is 10.4. The Kier molecular flexibility index (Phi) is 6.22. The lowest BCUT2D eigenvalue weighted by molar-refractivity contribution is 1.37. The van der Waals surface area contributed by atoms with E-state index in [4.69, 9.17) is 19.9 Å². The van der Waals surface area contributed by atoms with Crippen molar-refractivity contribution < 1.29 is 0 Å². The van der Waals surface area contributed by atoms with Gasteiger partial charge in [0.2, 0.25) is 0 Å². The van der Waals surface area contributed by atoms with Gasteiger partial charge >= 0.3 is 0 Å². The summed E-state index contributed by atoms with van der Waals surface area (Å²) in [6.07, 6.45) is 1.85. The normalized spacial score (nSPS) is 11.8. The lowest BCUT2D eigenvalue weighted by Gasteiger charge is -2.14. The minimum atomic E-state index is 0.916. The first-order chi connectivity index (χ1) is 25.7. The summed E-state index contributed by atoms with van der Waals surface area (Å²) < 4.78 is 0. The first-order valence-corrected chi connectivity index (χ1v) is 17.5. The van der Waals surface area contributed by atoms with Crippen LogP contribution >= 0.6 is 0 Å². The van der Waals surface area contributed by atoms with Gasteiger partial charge in [-0.3, -0.25) is 4.98 Å².